The highest BCUT2D eigenvalue weighted by molar-refractivity contribution is 7.98. The number of unbranched alkanes of at least 4 members (excludes halogenated alkanes) is 1. The fourth-order valence-corrected chi connectivity index (χ4v) is 5.35. The first-order chi connectivity index (χ1) is 14.4. The second kappa shape index (κ2) is 9.49. The van der Waals surface area contributed by atoms with Crippen molar-refractivity contribution >= 4 is 34.0 Å². The summed E-state index contributed by atoms with van der Waals surface area (Å²) in [5.74, 6) is 0.159. The van der Waals surface area contributed by atoms with Gasteiger partial charge in [0.2, 0.25) is 17.7 Å². The minimum absolute atomic E-state index is 0.0586. The number of benzene rings is 1. The van der Waals surface area contributed by atoms with Gasteiger partial charge in [-0.25, -0.2) is 22.2 Å². The molecule has 1 aliphatic rings. The quantitative estimate of drug-likeness (QED) is 0.581. The molecule has 0 aliphatic carbocycles. The molecule has 2 amide bonds. The number of carbonyl (C=O) groups is 1. The minimum atomic E-state index is -4.11. The summed E-state index contributed by atoms with van der Waals surface area (Å²) >= 11 is 1.40. The Morgan fingerprint density at radius 3 is 2.57 bits per heavy atom. The van der Waals surface area contributed by atoms with Gasteiger partial charge < -0.3 is 9.47 Å². The van der Waals surface area contributed by atoms with Gasteiger partial charge in [0.15, 0.2) is 0 Å². The molecule has 1 aliphatic heterocycles. The average molecular weight is 454 g/mol. The molecule has 0 radical (unpaired) electrons. The highest BCUT2D eigenvalue weighted by Crippen LogP contribution is 2.40. The molecule has 2 N–H and O–H groups in total. The summed E-state index contributed by atoms with van der Waals surface area (Å²) in [6.45, 7) is 3.62. The van der Waals surface area contributed by atoms with Crippen LogP contribution in [0.4, 0.5) is 10.7 Å². The molecule has 0 fully saturated rings. The molecule has 3 rings (SSSR count). The van der Waals surface area contributed by atoms with Crippen LogP contribution in [0.15, 0.2) is 34.1 Å². The van der Waals surface area contributed by atoms with Crippen LogP contribution in [-0.4, -0.2) is 49.5 Å². The van der Waals surface area contributed by atoms with Gasteiger partial charge in [0.1, 0.15) is 4.90 Å². The maximum Gasteiger partial charge on any atom is 0.335 e. The molecule has 2 heterocycles. The van der Waals surface area contributed by atoms with E-state index < -0.39 is 16.1 Å². The van der Waals surface area contributed by atoms with E-state index in [0.717, 1.165) is 24.9 Å². The molecular weight excluding hydrogens is 430 g/mol. The Morgan fingerprint density at radius 1 is 1.23 bits per heavy atom. The van der Waals surface area contributed by atoms with Crippen molar-refractivity contribution in [1.29, 1.82) is 0 Å². The number of nitrogens with zero attached hydrogens (tertiary/aromatic N) is 3. The second-order valence-electron chi connectivity index (χ2n) is 6.39. The van der Waals surface area contributed by atoms with Crippen LogP contribution in [0.25, 0.3) is 0 Å². The molecule has 162 valence electrons. The Hall–Kier alpha value is -2.57. The third-order valence-electron chi connectivity index (χ3n) is 4.23. The van der Waals surface area contributed by atoms with E-state index >= 15 is 0 Å². The lowest BCUT2D eigenvalue weighted by atomic mass is 10.2. The highest BCUT2D eigenvalue weighted by atomic mass is 32.2. The van der Waals surface area contributed by atoms with Crippen LogP contribution in [0.1, 0.15) is 25.3 Å². The second-order valence-corrected chi connectivity index (χ2v) is 9.15. The number of fused-ring (bicyclic) bond motifs is 1. The van der Waals surface area contributed by atoms with Crippen molar-refractivity contribution in [2.24, 2.45) is 0 Å². The maximum absolute atomic E-state index is 12.9. The molecular formula is C18H23N5O5S2. The lowest BCUT2D eigenvalue weighted by Gasteiger charge is -2.13. The van der Waals surface area contributed by atoms with Gasteiger partial charge in [-0.2, -0.15) is 9.97 Å². The number of carbonyl (C=O) groups excluding carboxylic acids is 1. The first-order valence-corrected chi connectivity index (χ1v) is 11.5. The normalized spacial score (nSPS) is 13.6. The van der Waals surface area contributed by atoms with E-state index in [2.05, 4.69) is 26.5 Å². The van der Waals surface area contributed by atoms with E-state index in [-0.39, 0.29) is 22.6 Å². The van der Waals surface area contributed by atoms with Gasteiger partial charge in [0.25, 0.3) is 10.0 Å². The Kier molecular flexibility index (Phi) is 7.00. The van der Waals surface area contributed by atoms with Gasteiger partial charge in [0.05, 0.1) is 20.3 Å². The van der Waals surface area contributed by atoms with Gasteiger partial charge in [-0.15, -0.1) is 0 Å². The Bertz CT molecular complexity index is 1010. The van der Waals surface area contributed by atoms with Crippen LogP contribution >= 0.6 is 11.9 Å². The monoisotopic (exact) mass is 453 g/mol. The van der Waals surface area contributed by atoms with Crippen LogP contribution in [0.3, 0.4) is 0 Å². The summed E-state index contributed by atoms with van der Waals surface area (Å²) in [7, 11) is -1.32. The molecule has 0 saturated carbocycles. The van der Waals surface area contributed by atoms with Gasteiger partial charge in [-0.05, 0) is 30.0 Å². The van der Waals surface area contributed by atoms with Crippen LogP contribution in [0.2, 0.25) is 0 Å². The van der Waals surface area contributed by atoms with E-state index in [4.69, 9.17) is 9.47 Å². The van der Waals surface area contributed by atoms with Crippen molar-refractivity contribution < 1.29 is 22.7 Å². The van der Waals surface area contributed by atoms with Crippen molar-refractivity contribution in [3.63, 3.8) is 0 Å². The zero-order valence-corrected chi connectivity index (χ0v) is 18.5. The summed E-state index contributed by atoms with van der Waals surface area (Å²) in [5, 5.41) is 2.29. The molecule has 1 aromatic carbocycles. The van der Waals surface area contributed by atoms with Crippen LogP contribution in [0.5, 0.6) is 11.8 Å². The molecule has 30 heavy (non-hydrogen) atoms. The third kappa shape index (κ3) is 5.12. The van der Waals surface area contributed by atoms with Gasteiger partial charge in [-0.3, -0.25) is 5.32 Å². The molecule has 0 bridgehead atoms. The molecule has 0 saturated heterocycles. The number of aromatic nitrogens is 2. The SMILES string of the molecule is CCCCN1Cc2cccc(S(=O)(=O)NC(=O)Nc3nc(OC)cc(OC)n3)c2S1. The number of rotatable bonds is 8. The third-order valence-corrected chi connectivity index (χ3v) is 6.97. The molecule has 12 heteroatoms. The zero-order valence-electron chi connectivity index (χ0n) is 16.8. The largest absolute Gasteiger partial charge is 0.481 e. The Balaban J connectivity index is 1.75. The van der Waals surface area contributed by atoms with Crippen molar-refractivity contribution in [2.75, 3.05) is 26.1 Å². The number of nitrogens with one attached hydrogen (secondary N) is 2. The highest BCUT2D eigenvalue weighted by Gasteiger charge is 2.29. The van der Waals surface area contributed by atoms with Crippen LogP contribution in [-0.2, 0) is 16.6 Å². The molecule has 0 atom stereocenters. The number of sulfonamides is 1. The predicted molar refractivity (Wildman–Crippen MR) is 112 cm³/mol. The molecule has 2 aromatic rings. The fourth-order valence-electron chi connectivity index (χ4n) is 2.78. The van der Waals surface area contributed by atoms with Crippen molar-refractivity contribution in [3.05, 3.63) is 29.8 Å². The van der Waals surface area contributed by atoms with E-state index in [0.29, 0.717) is 11.4 Å². The number of hydrogen-bond acceptors (Lipinski definition) is 9. The Morgan fingerprint density at radius 2 is 1.93 bits per heavy atom. The molecule has 0 unspecified atom stereocenters. The minimum Gasteiger partial charge on any atom is -0.481 e. The van der Waals surface area contributed by atoms with Crippen LogP contribution in [0, 0.1) is 0 Å². The number of anilines is 1. The predicted octanol–water partition coefficient (Wildman–Crippen LogP) is 2.63. The van der Waals surface area contributed by atoms with E-state index in [1.54, 1.807) is 6.07 Å². The van der Waals surface area contributed by atoms with Crippen molar-refractivity contribution in [2.45, 2.75) is 36.1 Å². The number of ether oxygens (including phenoxy) is 2. The first-order valence-electron chi connectivity index (χ1n) is 9.22. The first kappa shape index (κ1) is 22.1. The number of amides is 2. The summed E-state index contributed by atoms with van der Waals surface area (Å²) in [5.41, 5.74) is 0.917. The summed E-state index contributed by atoms with van der Waals surface area (Å²) in [4.78, 5) is 20.9. The zero-order chi connectivity index (χ0) is 21.7. The lowest BCUT2D eigenvalue weighted by molar-refractivity contribution is 0.256. The van der Waals surface area contributed by atoms with Gasteiger partial charge in [-0.1, -0.05) is 25.5 Å². The fraction of sp³-hybridized carbons (Fsp3) is 0.389. The van der Waals surface area contributed by atoms with E-state index in [1.807, 2.05) is 10.8 Å². The summed E-state index contributed by atoms with van der Waals surface area (Å²) in [6, 6.07) is 5.48. The summed E-state index contributed by atoms with van der Waals surface area (Å²) < 4.78 is 39.9. The average Bonchev–Trinajstić information content (AvgIpc) is 3.14. The van der Waals surface area contributed by atoms with Crippen molar-refractivity contribution in [1.82, 2.24) is 19.0 Å². The maximum atomic E-state index is 12.9. The lowest BCUT2D eigenvalue weighted by Crippen LogP contribution is -2.35. The number of urea groups is 1. The number of hydrogen-bond donors (Lipinski definition) is 2. The van der Waals surface area contributed by atoms with Gasteiger partial charge >= 0.3 is 6.03 Å². The van der Waals surface area contributed by atoms with Crippen LogP contribution < -0.4 is 19.5 Å². The standard InChI is InChI=1S/C18H23N5O5S2/c1-4-5-9-23-11-12-7-6-8-13(16(12)29-23)30(25,26)22-18(24)21-17-19-14(27-2)10-15(20-17)28-3/h6-8,10H,4-5,9,11H2,1-3H3,(H2,19,20,21,22,24). The topological polar surface area (TPSA) is 123 Å². The molecule has 10 nitrogen and oxygen atoms in total. The number of methoxy groups -OCH3 is 2. The van der Waals surface area contributed by atoms with E-state index in [1.165, 1.54) is 38.3 Å². The summed E-state index contributed by atoms with van der Waals surface area (Å²) in [6.07, 6.45) is 2.07. The van der Waals surface area contributed by atoms with Crippen molar-refractivity contribution in [3.8, 4) is 11.8 Å². The van der Waals surface area contributed by atoms with Gasteiger partial charge in [0, 0.05) is 18.0 Å². The molecule has 0 spiro atoms. The smallest absolute Gasteiger partial charge is 0.335 e. The van der Waals surface area contributed by atoms with E-state index in [9.17, 15) is 13.2 Å². The molecule has 1 aromatic heterocycles. The Labute approximate surface area is 179 Å².